The van der Waals surface area contributed by atoms with Crippen LogP contribution in [0.3, 0.4) is 0 Å². The summed E-state index contributed by atoms with van der Waals surface area (Å²) in [5.74, 6) is 0. The van der Waals surface area contributed by atoms with E-state index >= 15 is 0 Å². The molecule has 0 saturated heterocycles. The van der Waals surface area contributed by atoms with Gasteiger partial charge in [0.2, 0.25) is 0 Å². The molecule has 0 fully saturated rings. The highest BCUT2D eigenvalue weighted by atomic mass is 15.2. The van der Waals surface area contributed by atoms with Crippen LogP contribution >= 0.6 is 0 Å². The van der Waals surface area contributed by atoms with Crippen molar-refractivity contribution in [2.75, 3.05) is 39.3 Å². The summed E-state index contributed by atoms with van der Waals surface area (Å²) in [6, 6.07) is 25.4. The minimum Gasteiger partial charge on any atom is -0.326 e. The van der Waals surface area contributed by atoms with E-state index in [2.05, 4.69) is 93.6 Å². The average Bonchev–Trinajstić information content (AvgIpc) is 2.95. The van der Waals surface area contributed by atoms with Gasteiger partial charge in [-0.1, -0.05) is 72.8 Å². The van der Waals surface area contributed by atoms with Crippen LogP contribution in [0.1, 0.15) is 33.4 Å². The minimum absolute atomic E-state index is 0.578. The maximum atomic E-state index is 5.78. The fourth-order valence-electron chi connectivity index (χ4n) is 4.34. The molecule has 9 N–H and O–H groups in total. The Labute approximate surface area is 222 Å². The standard InChI is InChI=1S/C30H45N7/c31-19-25-4-1-7-28(16-25)22-34-10-13-37(14-11-35-23-29-8-2-5-26(17-29)20-32)15-12-36-24-30-9-3-6-27(18-30)21-33/h1-9,16-18,34-36H,10-15,19-24,31-33H2. The van der Waals surface area contributed by atoms with E-state index in [0.717, 1.165) is 58.9 Å². The van der Waals surface area contributed by atoms with Gasteiger partial charge < -0.3 is 33.2 Å². The molecule has 0 aromatic heterocycles. The SMILES string of the molecule is NCc1cccc(CNCCN(CCNCc2cccc(CN)c2)CCNCc2cccc(CN)c2)c1. The molecule has 0 saturated carbocycles. The van der Waals surface area contributed by atoms with Gasteiger partial charge in [-0.2, -0.15) is 0 Å². The largest absolute Gasteiger partial charge is 0.326 e. The second-order valence-corrected chi connectivity index (χ2v) is 9.44. The van der Waals surface area contributed by atoms with E-state index in [1.807, 2.05) is 0 Å². The molecule has 0 aliphatic carbocycles. The molecule has 7 heteroatoms. The van der Waals surface area contributed by atoms with Crippen molar-refractivity contribution in [1.82, 2.24) is 20.9 Å². The molecule has 200 valence electrons. The molecule has 3 aromatic carbocycles. The van der Waals surface area contributed by atoms with Gasteiger partial charge in [0.1, 0.15) is 0 Å². The van der Waals surface area contributed by atoms with Crippen LogP contribution in [0.4, 0.5) is 0 Å². The quantitative estimate of drug-likeness (QED) is 0.147. The van der Waals surface area contributed by atoms with Gasteiger partial charge in [0.15, 0.2) is 0 Å². The Hall–Kier alpha value is -2.62. The molecule has 7 nitrogen and oxygen atoms in total. The third-order valence-electron chi connectivity index (χ3n) is 6.48. The molecular weight excluding hydrogens is 458 g/mol. The molecule has 3 rings (SSSR count). The second kappa shape index (κ2) is 17.0. The number of hydrogen-bond acceptors (Lipinski definition) is 7. The molecule has 0 aliphatic heterocycles. The molecule has 0 amide bonds. The number of nitrogens with one attached hydrogen (secondary N) is 3. The van der Waals surface area contributed by atoms with Gasteiger partial charge in [0.25, 0.3) is 0 Å². The first kappa shape index (κ1) is 28.9. The fourth-order valence-corrected chi connectivity index (χ4v) is 4.34. The summed E-state index contributed by atoms with van der Waals surface area (Å²) in [6.07, 6.45) is 0. The summed E-state index contributed by atoms with van der Waals surface area (Å²) in [7, 11) is 0. The van der Waals surface area contributed by atoms with Crippen molar-refractivity contribution in [2.24, 2.45) is 17.2 Å². The van der Waals surface area contributed by atoms with Crippen molar-refractivity contribution in [3.8, 4) is 0 Å². The molecule has 37 heavy (non-hydrogen) atoms. The van der Waals surface area contributed by atoms with Crippen molar-refractivity contribution in [3.63, 3.8) is 0 Å². The summed E-state index contributed by atoms with van der Waals surface area (Å²) in [6.45, 7) is 10.1. The van der Waals surface area contributed by atoms with Gasteiger partial charge in [-0.3, -0.25) is 4.90 Å². The molecule has 0 aliphatic rings. The van der Waals surface area contributed by atoms with Gasteiger partial charge >= 0.3 is 0 Å². The Balaban J connectivity index is 1.43. The smallest absolute Gasteiger partial charge is 0.0206 e. The van der Waals surface area contributed by atoms with E-state index in [1.54, 1.807) is 0 Å². The zero-order chi connectivity index (χ0) is 26.1. The molecule has 0 radical (unpaired) electrons. The second-order valence-electron chi connectivity index (χ2n) is 9.44. The summed E-state index contributed by atoms with van der Waals surface area (Å²) >= 11 is 0. The van der Waals surface area contributed by atoms with E-state index in [4.69, 9.17) is 17.2 Å². The predicted molar refractivity (Wildman–Crippen MR) is 155 cm³/mol. The van der Waals surface area contributed by atoms with Gasteiger partial charge in [-0.15, -0.1) is 0 Å². The van der Waals surface area contributed by atoms with Crippen molar-refractivity contribution in [1.29, 1.82) is 0 Å². The van der Waals surface area contributed by atoms with Crippen molar-refractivity contribution < 1.29 is 0 Å². The van der Waals surface area contributed by atoms with Crippen LogP contribution in [0.2, 0.25) is 0 Å². The van der Waals surface area contributed by atoms with E-state index < -0.39 is 0 Å². The van der Waals surface area contributed by atoms with Crippen molar-refractivity contribution in [3.05, 3.63) is 106 Å². The maximum absolute atomic E-state index is 5.78. The van der Waals surface area contributed by atoms with Gasteiger partial charge in [-0.25, -0.2) is 0 Å². The highest BCUT2D eigenvalue weighted by Crippen LogP contribution is 2.06. The number of rotatable bonds is 18. The van der Waals surface area contributed by atoms with Crippen molar-refractivity contribution in [2.45, 2.75) is 39.3 Å². The van der Waals surface area contributed by atoms with Crippen LogP contribution in [0.5, 0.6) is 0 Å². The van der Waals surface area contributed by atoms with Gasteiger partial charge in [-0.05, 0) is 33.4 Å². The minimum atomic E-state index is 0.578. The Kier molecular flexibility index (Phi) is 13.3. The lowest BCUT2D eigenvalue weighted by Gasteiger charge is -2.23. The van der Waals surface area contributed by atoms with Crippen LogP contribution in [-0.4, -0.2) is 44.2 Å². The van der Waals surface area contributed by atoms with E-state index in [0.29, 0.717) is 19.6 Å². The van der Waals surface area contributed by atoms with Crippen LogP contribution < -0.4 is 33.2 Å². The first-order valence-electron chi connectivity index (χ1n) is 13.4. The third-order valence-corrected chi connectivity index (χ3v) is 6.48. The molecule has 0 spiro atoms. The molecule has 0 unspecified atom stereocenters. The summed E-state index contributed by atoms with van der Waals surface area (Å²) < 4.78 is 0. The van der Waals surface area contributed by atoms with Crippen molar-refractivity contribution >= 4 is 0 Å². The first-order chi connectivity index (χ1) is 18.2. The Morgan fingerprint density at radius 1 is 0.459 bits per heavy atom. The van der Waals surface area contributed by atoms with E-state index in [-0.39, 0.29) is 0 Å². The molecule has 3 aromatic rings. The summed E-state index contributed by atoms with van der Waals surface area (Å²) in [5.41, 5.74) is 24.7. The third kappa shape index (κ3) is 11.1. The van der Waals surface area contributed by atoms with Crippen LogP contribution in [-0.2, 0) is 39.3 Å². The number of benzene rings is 3. The Morgan fingerprint density at radius 3 is 1.05 bits per heavy atom. The summed E-state index contributed by atoms with van der Waals surface area (Å²) in [4.78, 5) is 2.51. The zero-order valence-electron chi connectivity index (χ0n) is 22.1. The summed E-state index contributed by atoms with van der Waals surface area (Å²) in [5, 5.41) is 10.8. The van der Waals surface area contributed by atoms with Gasteiger partial charge in [0.05, 0.1) is 0 Å². The molecular formula is C30H45N7. The molecule has 0 atom stereocenters. The Morgan fingerprint density at radius 2 is 0.757 bits per heavy atom. The monoisotopic (exact) mass is 503 g/mol. The van der Waals surface area contributed by atoms with E-state index in [9.17, 15) is 0 Å². The fraction of sp³-hybridized carbons (Fsp3) is 0.400. The van der Waals surface area contributed by atoms with Gasteiger partial charge in [0, 0.05) is 78.5 Å². The topological polar surface area (TPSA) is 117 Å². The van der Waals surface area contributed by atoms with Crippen LogP contribution in [0.15, 0.2) is 72.8 Å². The lowest BCUT2D eigenvalue weighted by atomic mass is 10.1. The number of nitrogens with zero attached hydrogens (tertiary/aromatic N) is 1. The van der Waals surface area contributed by atoms with E-state index in [1.165, 1.54) is 33.4 Å². The number of hydrogen-bond donors (Lipinski definition) is 6. The Bertz CT molecular complexity index is 908. The maximum Gasteiger partial charge on any atom is 0.0206 e. The average molecular weight is 504 g/mol. The normalized spacial score (nSPS) is 11.4. The first-order valence-corrected chi connectivity index (χ1v) is 13.4. The van der Waals surface area contributed by atoms with Crippen LogP contribution in [0.25, 0.3) is 0 Å². The highest BCUT2D eigenvalue weighted by Gasteiger charge is 2.06. The lowest BCUT2D eigenvalue weighted by molar-refractivity contribution is 0.271. The zero-order valence-corrected chi connectivity index (χ0v) is 22.1. The predicted octanol–water partition coefficient (Wildman–Crippen LogP) is 2.03. The molecule has 0 bridgehead atoms. The lowest BCUT2D eigenvalue weighted by Crippen LogP contribution is -2.40. The molecule has 0 heterocycles. The number of nitrogens with two attached hydrogens (primary N) is 3. The van der Waals surface area contributed by atoms with Crippen LogP contribution in [0, 0.1) is 0 Å². The highest BCUT2D eigenvalue weighted by molar-refractivity contribution is 5.24.